The minimum Gasteiger partial charge on any atom is -0.465 e. The molecule has 0 fully saturated rings. The zero-order valence-corrected chi connectivity index (χ0v) is 27.6. The number of anilines is 1. The van der Waals surface area contributed by atoms with Gasteiger partial charge < -0.3 is 24.4 Å². The van der Waals surface area contributed by atoms with E-state index in [2.05, 4.69) is 10.1 Å². The van der Waals surface area contributed by atoms with Gasteiger partial charge in [0.25, 0.3) is 0 Å². The van der Waals surface area contributed by atoms with Crippen LogP contribution >= 0.6 is 23.5 Å². The second-order valence-electron chi connectivity index (χ2n) is 11.1. The average Bonchev–Trinajstić information content (AvgIpc) is 2.94. The van der Waals surface area contributed by atoms with Crippen molar-refractivity contribution in [1.29, 1.82) is 0 Å². The summed E-state index contributed by atoms with van der Waals surface area (Å²) in [5.74, 6) is -0.691. The van der Waals surface area contributed by atoms with Crippen LogP contribution in [0.3, 0.4) is 0 Å². The minimum atomic E-state index is -0.641. The number of esters is 2. The number of nitrogens with zero attached hydrogens (tertiary/aromatic N) is 1. The van der Waals surface area contributed by atoms with Gasteiger partial charge in [0, 0.05) is 29.3 Å². The topological polar surface area (TPSA) is 128 Å². The van der Waals surface area contributed by atoms with Crippen LogP contribution in [0.1, 0.15) is 65.1 Å². The minimum absolute atomic E-state index is 0.0867. The maximum absolute atomic E-state index is 12.8. The van der Waals surface area contributed by atoms with Gasteiger partial charge in [0.15, 0.2) is 5.78 Å². The molecule has 0 saturated heterocycles. The summed E-state index contributed by atoms with van der Waals surface area (Å²) in [5, 5.41) is 2.56. The lowest BCUT2D eigenvalue weighted by Gasteiger charge is -2.38. The van der Waals surface area contributed by atoms with Crippen LogP contribution in [-0.4, -0.2) is 73.6 Å². The van der Waals surface area contributed by atoms with E-state index in [-0.39, 0.29) is 35.5 Å². The Hall–Kier alpha value is -3.51. The highest BCUT2D eigenvalue weighted by Crippen LogP contribution is 2.46. The number of alkyl carbamates (subject to hydrolysis) is 1. The van der Waals surface area contributed by atoms with Crippen LogP contribution in [0.4, 0.5) is 10.5 Å². The first-order valence-corrected chi connectivity index (χ1v) is 15.2. The molecule has 2 aliphatic heterocycles. The summed E-state index contributed by atoms with van der Waals surface area (Å²) in [6.45, 7) is 11.8. The predicted molar refractivity (Wildman–Crippen MR) is 166 cm³/mol. The molecule has 0 unspecified atom stereocenters. The molecular weight excluding hydrogens is 592 g/mol. The van der Waals surface area contributed by atoms with Crippen LogP contribution in [0.5, 0.6) is 0 Å². The maximum atomic E-state index is 12.8. The number of methoxy groups -OCH3 is 3. The molecule has 4 rings (SSSR count). The van der Waals surface area contributed by atoms with Crippen molar-refractivity contribution in [3.05, 3.63) is 52.1 Å². The predicted octanol–water partition coefficient (Wildman–Crippen LogP) is 5.13. The molecular formula is C31H38N2O8S2. The fourth-order valence-corrected chi connectivity index (χ4v) is 7.11. The van der Waals surface area contributed by atoms with Gasteiger partial charge >= 0.3 is 18.0 Å². The number of rotatable bonds is 5. The third-order valence-corrected chi connectivity index (χ3v) is 9.69. The zero-order valence-electron chi connectivity index (χ0n) is 26.0. The number of thioether (sulfide) groups is 2. The second-order valence-corrected chi connectivity index (χ2v) is 14.4. The first kappa shape index (κ1) is 34.0. The second kappa shape index (κ2) is 13.4. The van der Waals surface area contributed by atoms with Crippen molar-refractivity contribution in [3.8, 4) is 0 Å². The van der Waals surface area contributed by atoms with Gasteiger partial charge in [0.1, 0.15) is 0 Å². The number of fused-ring (bicyclic) bond motifs is 2. The Balaban J connectivity index is 0.000000248. The largest absolute Gasteiger partial charge is 0.465 e. The van der Waals surface area contributed by atoms with Crippen molar-refractivity contribution in [2.45, 2.75) is 67.2 Å². The van der Waals surface area contributed by atoms with Gasteiger partial charge in [-0.15, -0.1) is 23.5 Å². The monoisotopic (exact) mass is 630 g/mol. The first-order valence-electron chi connectivity index (χ1n) is 13.6. The number of ether oxygens (including phenoxy) is 3. The fraction of sp³-hybridized carbons (Fsp3) is 0.452. The molecule has 0 spiro atoms. The maximum Gasteiger partial charge on any atom is 0.406 e. The first-order chi connectivity index (χ1) is 20.1. The van der Waals surface area contributed by atoms with Crippen LogP contribution < -0.4 is 10.2 Å². The molecule has 0 aromatic heterocycles. The number of carbonyl (C=O) groups excluding carboxylic acids is 5. The molecule has 2 aromatic rings. The van der Waals surface area contributed by atoms with E-state index in [0.29, 0.717) is 23.2 Å². The number of Topliss-reactive ketones (excluding diaryl/α,β-unsaturated/α-hetero) is 1. The molecule has 0 aliphatic carbocycles. The van der Waals surface area contributed by atoms with Gasteiger partial charge in [-0.1, -0.05) is 0 Å². The summed E-state index contributed by atoms with van der Waals surface area (Å²) in [5.41, 5.74) is 4.21. The Morgan fingerprint density at radius 1 is 0.814 bits per heavy atom. The summed E-state index contributed by atoms with van der Waals surface area (Å²) < 4.78 is 13.1. The normalized spacial score (nSPS) is 16.2. The molecule has 2 aliphatic rings. The van der Waals surface area contributed by atoms with Gasteiger partial charge in [-0.3, -0.25) is 9.59 Å². The van der Waals surface area contributed by atoms with Crippen LogP contribution in [0.2, 0.25) is 0 Å². The Kier molecular flexibility index (Phi) is 10.6. The van der Waals surface area contributed by atoms with E-state index in [0.717, 1.165) is 26.5 Å². The van der Waals surface area contributed by atoms with Crippen LogP contribution in [-0.2, 0) is 30.2 Å². The van der Waals surface area contributed by atoms with Crippen molar-refractivity contribution < 1.29 is 38.2 Å². The van der Waals surface area contributed by atoms with Crippen molar-refractivity contribution in [3.63, 3.8) is 0 Å². The highest BCUT2D eigenvalue weighted by atomic mass is 32.2. The molecule has 232 valence electrons. The van der Waals surface area contributed by atoms with Crippen molar-refractivity contribution >= 4 is 58.9 Å². The Labute approximate surface area is 260 Å². The van der Waals surface area contributed by atoms with Crippen LogP contribution in [0, 0.1) is 13.8 Å². The highest BCUT2D eigenvalue weighted by Gasteiger charge is 2.40. The van der Waals surface area contributed by atoms with E-state index in [1.807, 2.05) is 53.7 Å². The standard InChI is InChI=1S/C17H22N2O5S.C14H16O3S/c1-10-8-13-12(9-11(10)14(20)23-4)19(7-6-18-16(22)24-5)15(21)17(2,3)25-13;1-8-5-11-9(6-10(8)13(16)17-4)7-12(15)14(2,3)18-11/h8-9H,6-7H2,1-5H3,(H,18,22);5-6H,7H2,1-4H3. The molecule has 12 heteroatoms. The molecule has 0 atom stereocenters. The van der Waals surface area contributed by atoms with Gasteiger partial charge in [0.2, 0.25) is 5.91 Å². The third kappa shape index (κ3) is 7.53. The van der Waals surface area contributed by atoms with E-state index in [4.69, 9.17) is 9.47 Å². The summed E-state index contributed by atoms with van der Waals surface area (Å²) in [7, 11) is 3.97. The van der Waals surface area contributed by atoms with E-state index in [1.54, 1.807) is 28.8 Å². The van der Waals surface area contributed by atoms with Gasteiger partial charge in [-0.25, -0.2) is 14.4 Å². The molecule has 10 nitrogen and oxygen atoms in total. The summed E-state index contributed by atoms with van der Waals surface area (Å²) in [4.78, 5) is 63.2. The van der Waals surface area contributed by atoms with Gasteiger partial charge in [-0.05, 0) is 82.5 Å². The van der Waals surface area contributed by atoms with Crippen molar-refractivity contribution in [1.82, 2.24) is 5.32 Å². The van der Waals surface area contributed by atoms with Crippen LogP contribution in [0.25, 0.3) is 0 Å². The lowest BCUT2D eigenvalue weighted by Crippen LogP contribution is -2.49. The number of hydrogen-bond acceptors (Lipinski definition) is 10. The fourth-order valence-electron chi connectivity index (χ4n) is 4.62. The molecule has 43 heavy (non-hydrogen) atoms. The Morgan fingerprint density at radius 3 is 1.91 bits per heavy atom. The number of aryl methyl sites for hydroxylation is 2. The van der Waals surface area contributed by atoms with E-state index in [9.17, 15) is 24.0 Å². The van der Waals surface area contributed by atoms with Gasteiger partial charge in [0.05, 0.1) is 47.6 Å². The molecule has 2 aromatic carbocycles. The Morgan fingerprint density at radius 2 is 1.35 bits per heavy atom. The van der Waals surface area contributed by atoms with Crippen molar-refractivity contribution in [2.24, 2.45) is 0 Å². The molecule has 2 amide bonds. The number of ketones is 1. The van der Waals surface area contributed by atoms with Crippen molar-refractivity contribution in [2.75, 3.05) is 39.3 Å². The van der Waals surface area contributed by atoms with E-state index in [1.165, 1.54) is 33.1 Å². The van der Waals surface area contributed by atoms with Crippen LogP contribution in [0.15, 0.2) is 34.1 Å². The van der Waals surface area contributed by atoms with E-state index >= 15 is 0 Å². The number of amides is 2. The smallest absolute Gasteiger partial charge is 0.406 e. The SMILES string of the molecule is COC(=O)NCCN1C(=O)C(C)(C)Sc2cc(C)c(C(=O)OC)cc21.COC(=O)c1cc2c(cc1C)SC(C)(C)C(=O)C2. The zero-order chi connectivity index (χ0) is 32.3. The quantitative estimate of drug-likeness (QED) is 0.351. The molecule has 0 saturated carbocycles. The summed E-state index contributed by atoms with van der Waals surface area (Å²) in [6.07, 6.45) is -0.169. The number of benzene rings is 2. The lowest BCUT2D eigenvalue weighted by atomic mass is 9.96. The Bertz CT molecular complexity index is 1470. The van der Waals surface area contributed by atoms with E-state index < -0.39 is 16.8 Å². The molecule has 0 bridgehead atoms. The third-order valence-electron chi connectivity index (χ3n) is 7.12. The molecule has 0 radical (unpaired) electrons. The average molecular weight is 631 g/mol. The molecule has 1 N–H and O–H groups in total. The van der Waals surface area contributed by atoms with Gasteiger partial charge in [-0.2, -0.15) is 0 Å². The number of nitrogens with one attached hydrogen (secondary N) is 1. The number of hydrogen-bond donors (Lipinski definition) is 1. The highest BCUT2D eigenvalue weighted by molar-refractivity contribution is 8.01. The summed E-state index contributed by atoms with van der Waals surface area (Å²) >= 11 is 3.02. The summed E-state index contributed by atoms with van der Waals surface area (Å²) in [6, 6.07) is 7.33. The lowest BCUT2D eigenvalue weighted by molar-refractivity contribution is -0.121. The molecule has 2 heterocycles. The number of carbonyl (C=O) groups is 5.